The Morgan fingerprint density at radius 3 is 2.82 bits per heavy atom. The number of fused-ring (bicyclic) bond motifs is 1. The molecule has 0 radical (unpaired) electrons. The number of pyridine rings is 1. The van der Waals surface area contributed by atoms with Crippen molar-refractivity contribution < 1.29 is 19.5 Å². The molecule has 176 valence electrons. The molecule has 9 nitrogen and oxygen atoms in total. The van der Waals surface area contributed by atoms with E-state index in [1.165, 1.54) is 10.5 Å². The van der Waals surface area contributed by atoms with Gasteiger partial charge in [0.25, 0.3) is 0 Å². The van der Waals surface area contributed by atoms with Gasteiger partial charge in [-0.2, -0.15) is 0 Å². The average molecular weight is 480 g/mol. The van der Waals surface area contributed by atoms with Gasteiger partial charge in [0.1, 0.15) is 12.4 Å². The van der Waals surface area contributed by atoms with E-state index in [0.29, 0.717) is 25.3 Å². The van der Waals surface area contributed by atoms with Crippen molar-refractivity contribution in [3.63, 3.8) is 0 Å². The molecule has 2 aromatic heterocycles. The summed E-state index contributed by atoms with van der Waals surface area (Å²) in [5.41, 5.74) is 2.28. The summed E-state index contributed by atoms with van der Waals surface area (Å²) >= 11 is 1.65. The minimum absolute atomic E-state index is 0.0517. The zero-order chi connectivity index (χ0) is 23.7. The highest BCUT2D eigenvalue weighted by molar-refractivity contribution is 7.09. The number of nitrogens with one attached hydrogen (secondary N) is 1. The van der Waals surface area contributed by atoms with Gasteiger partial charge in [0.05, 0.1) is 10.4 Å². The van der Waals surface area contributed by atoms with Crippen molar-refractivity contribution in [2.45, 2.75) is 19.3 Å². The van der Waals surface area contributed by atoms with E-state index in [1.54, 1.807) is 29.7 Å². The van der Waals surface area contributed by atoms with Crippen LogP contribution in [0.1, 0.15) is 22.6 Å². The Labute approximate surface area is 200 Å². The lowest BCUT2D eigenvalue weighted by Crippen LogP contribution is -2.66. The SMILES string of the molecule is O=C(C=Cc1cnc2c(c1)CC1(CN(C(=O)CO)C1)C(=O)N2)N1CC=C(Cc2nccs2)CC1. The first-order valence-electron chi connectivity index (χ1n) is 11.2. The number of hydrogen-bond acceptors (Lipinski definition) is 7. The standard InChI is InChI=1S/C24H25N5O4S/c30-13-21(32)29-14-24(15-29)11-18-9-17(12-26-22(18)27-23(24)33)1-2-20(31)28-6-3-16(4-7-28)10-19-25-5-8-34-19/h1-3,5,8-9,12,30H,4,6-7,10-11,13-15H2,(H,26,27,33). The zero-order valence-electron chi connectivity index (χ0n) is 18.6. The molecule has 10 heteroatoms. The third-order valence-electron chi connectivity index (χ3n) is 6.60. The smallest absolute Gasteiger partial charge is 0.248 e. The number of thiazole rings is 1. The van der Waals surface area contributed by atoms with Crippen molar-refractivity contribution in [3.8, 4) is 0 Å². The summed E-state index contributed by atoms with van der Waals surface area (Å²) in [6, 6.07) is 1.92. The second-order valence-electron chi connectivity index (χ2n) is 8.93. The van der Waals surface area contributed by atoms with Crippen LogP contribution < -0.4 is 5.32 Å². The molecule has 5 rings (SSSR count). The number of hydrogen-bond donors (Lipinski definition) is 2. The molecule has 3 aliphatic heterocycles. The Morgan fingerprint density at radius 2 is 2.12 bits per heavy atom. The Balaban J connectivity index is 1.21. The molecule has 2 N–H and O–H groups in total. The van der Waals surface area contributed by atoms with Gasteiger partial charge in [0.15, 0.2) is 0 Å². The molecule has 0 aliphatic carbocycles. The van der Waals surface area contributed by atoms with Crippen molar-refractivity contribution in [1.82, 2.24) is 19.8 Å². The highest BCUT2D eigenvalue weighted by atomic mass is 32.1. The quantitative estimate of drug-likeness (QED) is 0.493. The van der Waals surface area contributed by atoms with E-state index < -0.39 is 12.0 Å². The zero-order valence-corrected chi connectivity index (χ0v) is 19.4. The van der Waals surface area contributed by atoms with Crippen LogP contribution in [0.25, 0.3) is 6.08 Å². The van der Waals surface area contributed by atoms with Gasteiger partial charge in [0, 0.05) is 56.4 Å². The van der Waals surface area contributed by atoms with E-state index in [9.17, 15) is 14.4 Å². The maximum atomic E-state index is 12.7. The van der Waals surface area contributed by atoms with Crippen LogP contribution in [0.5, 0.6) is 0 Å². The van der Waals surface area contributed by atoms with Gasteiger partial charge in [-0.1, -0.05) is 11.6 Å². The summed E-state index contributed by atoms with van der Waals surface area (Å²) in [5, 5.41) is 14.9. The van der Waals surface area contributed by atoms with Crippen molar-refractivity contribution >= 4 is 41.0 Å². The number of aromatic nitrogens is 2. The lowest BCUT2D eigenvalue weighted by atomic mass is 9.72. The molecule has 0 unspecified atom stereocenters. The third kappa shape index (κ3) is 4.38. The summed E-state index contributed by atoms with van der Waals surface area (Å²) in [6.45, 7) is 1.27. The summed E-state index contributed by atoms with van der Waals surface area (Å²) < 4.78 is 0. The van der Waals surface area contributed by atoms with Crippen LogP contribution in [0, 0.1) is 5.41 Å². The Bertz CT molecular complexity index is 1180. The van der Waals surface area contributed by atoms with E-state index >= 15 is 0 Å². The van der Waals surface area contributed by atoms with Crippen LogP contribution in [0.4, 0.5) is 5.82 Å². The molecule has 34 heavy (non-hydrogen) atoms. The van der Waals surface area contributed by atoms with Crippen molar-refractivity contribution in [1.29, 1.82) is 0 Å². The first kappa shape index (κ1) is 22.4. The molecule has 2 aromatic rings. The second kappa shape index (κ2) is 9.11. The predicted molar refractivity (Wildman–Crippen MR) is 127 cm³/mol. The topological polar surface area (TPSA) is 116 Å². The van der Waals surface area contributed by atoms with Crippen molar-refractivity contribution in [2.24, 2.45) is 5.41 Å². The Kier molecular flexibility index (Phi) is 6.01. The maximum absolute atomic E-state index is 12.7. The molecule has 0 aromatic carbocycles. The van der Waals surface area contributed by atoms with Crippen LogP contribution in [0.2, 0.25) is 0 Å². The largest absolute Gasteiger partial charge is 0.387 e. The van der Waals surface area contributed by atoms with Crippen LogP contribution in [-0.2, 0) is 27.2 Å². The highest BCUT2D eigenvalue weighted by Crippen LogP contribution is 2.40. The minimum Gasteiger partial charge on any atom is -0.387 e. The van der Waals surface area contributed by atoms with Gasteiger partial charge < -0.3 is 20.2 Å². The Hall–Kier alpha value is -3.37. The lowest BCUT2D eigenvalue weighted by Gasteiger charge is -2.50. The number of rotatable bonds is 5. The van der Waals surface area contributed by atoms with Gasteiger partial charge in [-0.15, -0.1) is 11.3 Å². The summed E-state index contributed by atoms with van der Waals surface area (Å²) in [6.07, 6.45) is 11.0. The van der Waals surface area contributed by atoms with E-state index in [0.717, 1.165) is 29.0 Å². The van der Waals surface area contributed by atoms with E-state index in [2.05, 4.69) is 21.4 Å². The molecule has 1 spiro atoms. The maximum Gasteiger partial charge on any atom is 0.248 e. The fraction of sp³-hybridized carbons (Fsp3) is 0.375. The molecule has 3 aliphatic rings. The van der Waals surface area contributed by atoms with E-state index in [4.69, 9.17) is 5.11 Å². The van der Waals surface area contributed by atoms with Gasteiger partial charge in [-0.05, 0) is 36.1 Å². The number of aliphatic hydroxyl groups excluding tert-OH is 1. The molecule has 1 saturated heterocycles. The highest BCUT2D eigenvalue weighted by Gasteiger charge is 2.53. The van der Waals surface area contributed by atoms with Gasteiger partial charge in [0.2, 0.25) is 17.7 Å². The summed E-state index contributed by atoms with van der Waals surface area (Å²) in [5.74, 6) is -0.0649. The molecule has 1 fully saturated rings. The number of amides is 3. The van der Waals surface area contributed by atoms with Crippen LogP contribution in [0.3, 0.4) is 0 Å². The first-order chi connectivity index (χ1) is 16.5. The van der Waals surface area contributed by atoms with E-state index in [1.807, 2.05) is 22.5 Å². The number of carbonyl (C=O) groups excluding carboxylic acids is 3. The number of aliphatic hydroxyl groups is 1. The third-order valence-corrected chi connectivity index (χ3v) is 7.38. The predicted octanol–water partition coefficient (Wildman–Crippen LogP) is 1.27. The molecule has 3 amide bonds. The monoisotopic (exact) mass is 479 g/mol. The summed E-state index contributed by atoms with van der Waals surface area (Å²) in [7, 11) is 0. The van der Waals surface area contributed by atoms with Crippen molar-refractivity contribution in [3.05, 3.63) is 57.7 Å². The van der Waals surface area contributed by atoms with Gasteiger partial charge in [-0.3, -0.25) is 14.4 Å². The molecular formula is C24H25N5O4S. The fourth-order valence-corrected chi connectivity index (χ4v) is 5.32. The molecule has 0 atom stereocenters. The average Bonchev–Trinajstić information content (AvgIpc) is 3.33. The molecule has 0 saturated carbocycles. The molecule has 0 bridgehead atoms. The van der Waals surface area contributed by atoms with Gasteiger partial charge >= 0.3 is 0 Å². The number of anilines is 1. The van der Waals surface area contributed by atoms with Crippen LogP contribution in [-0.4, -0.2) is 75.4 Å². The van der Waals surface area contributed by atoms with Crippen LogP contribution >= 0.6 is 11.3 Å². The number of nitrogens with zero attached hydrogens (tertiary/aromatic N) is 4. The molecular weight excluding hydrogens is 454 g/mol. The fourth-order valence-electron chi connectivity index (χ4n) is 4.65. The Morgan fingerprint density at radius 1 is 1.26 bits per heavy atom. The van der Waals surface area contributed by atoms with E-state index in [-0.39, 0.29) is 30.8 Å². The lowest BCUT2D eigenvalue weighted by molar-refractivity contribution is -0.153. The summed E-state index contributed by atoms with van der Waals surface area (Å²) in [4.78, 5) is 48.9. The van der Waals surface area contributed by atoms with Crippen LogP contribution in [0.15, 0.2) is 41.6 Å². The second-order valence-corrected chi connectivity index (χ2v) is 9.91. The number of carbonyl (C=O) groups is 3. The molecule has 5 heterocycles. The van der Waals surface area contributed by atoms with Gasteiger partial charge in [-0.25, -0.2) is 9.97 Å². The minimum atomic E-state index is -0.686. The normalized spacial score (nSPS) is 19.0. The van der Waals surface area contributed by atoms with Crippen molar-refractivity contribution in [2.75, 3.05) is 38.1 Å². The first-order valence-corrected chi connectivity index (χ1v) is 12.1. The number of likely N-dealkylation sites (tertiary alicyclic amines) is 1.